The third-order valence-corrected chi connectivity index (χ3v) is 4.70. The lowest BCUT2D eigenvalue weighted by atomic mass is 9.90. The van der Waals surface area contributed by atoms with E-state index in [1.165, 1.54) is 0 Å². The first-order valence-electron chi connectivity index (χ1n) is 6.92. The number of aromatic nitrogens is 1. The van der Waals surface area contributed by atoms with Crippen LogP contribution in [0.5, 0.6) is 0 Å². The van der Waals surface area contributed by atoms with Crippen LogP contribution >= 0.6 is 11.8 Å². The molecule has 3 nitrogen and oxygen atoms in total. The Morgan fingerprint density at radius 1 is 1.40 bits per heavy atom. The van der Waals surface area contributed by atoms with Gasteiger partial charge in [-0.3, -0.25) is 9.78 Å². The Bertz CT molecular complexity index is 465. The van der Waals surface area contributed by atoms with E-state index in [2.05, 4.69) is 24.9 Å². The first-order chi connectivity index (χ1) is 9.47. The highest BCUT2D eigenvalue weighted by atomic mass is 32.2. The minimum Gasteiger partial charge on any atom is -0.298 e. The summed E-state index contributed by atoms with van der Waals surface area (Å²) in [5, 5.41) is 9.30. The molecular weight excluding hydrogens is 268 g/mol. The lowest BCUT2D eigenvalue weighted by Gasteiger charge is -2.23. The van der Waals surface area contributed by atoms with Gasteiger partial charge in [-0.15, -0.1) is 0 Å². The van der Waals surface area contributed by atoms with Crippen molar-refractivity contribution in [2.75, 3.05) is 5.75 Å². The van der Waals surface area contributed by atoms with Gasteiger partial charge in [0.15, 0.2) is 5.78 Å². The molecule has 1 rings (SSSR count). The predicted molar refractivity (Wildman–Crippen MR) is 83.2 cm³/mol. The number of carbonyl (C=O) groups excluding carboxylic acids is 1. The quantitative estimate of drug-likeness (QED) is 0.764. The smallest absolute Gasteiger partial charge is 0.153 e. The van der Waals surface area contributed by atoms with Crippen molar-refractivity contribution in [2.45, 2.75) is 32.9 Å². The van der Waals surface area contributed by atoms with Gasteiger partial charge in [0.1, 0.15) is 5.92 Å². The largest absolute Gasteiger partial charge is 0.298 e. The van der Waals surface area contributed by atoms with Crippen LogP contribution in [0.3, 0.4) is 0 Å². The number of hydrogen-bond acceptors (Lipinski definition) is 4. The molecule has 4 heteroatoms. The summed E-state index contributed by atoms with van der Waals surface area (Å²) in [5.74, 6) is 0.718. The van der Waals surface area contributed by atoms with Crippen molar-refractivity contribution in [1.29, 1.82) is 5.26 Å². The van der Waals surface area contributed by atoms with E-state index < -0.39 is 5.92 Å². The number of carbonyl (C=O) groups is 1. The normalized spacial score (nSPS) is 14.1. The van der Waals surface area contributed by atoms with Gasteiger partial charge in [0.05, 0.1) is 11.3 Å². The van der Waals surface area contributed by atoms with Crippen LogP contribution in [0.1, 0.15) is 38.5 Å². The van der Waals surface area contributed by atoms with E-state index in [1.807, 2.05) is 26.0 Å². The Kier molecular flexibility index (Phi) is 6.74. The van der Waals surface area contributed by atoms with Gasteiger partial charge in [-0.2, -0.15) is 17.0 Å². The zero-order chi connectivity index (χ0) is 15.1. The van der Waals surface area contributed by atoms with Crippen molar-refractivity contribution in [1.82, 2.24) is 4.98 Å². The SMILES string of the molecule is CC(C)CSC(c1cccnc1)C(C#N)C(=O)C(C)C. The molecule has 0 aliphatic heterocycles. The van der Waals surface area contributed by atoms with E-state index in [4.69, 9.17) is 0 Å². The third kappa shape index (κ3) is 4.64. The van der Waals surface area contributed by atoms with Crippen LogP contribution in [0.15, 0.2) is 24.5 Å². The molecule has 0 aliphatic rings. The summed E-state index contributed by atoms with van der Waals surface area (Å²) in [5.41, 5.74) is 0.957. The van der Waals surface area contributed by atoms with E-state index in [0.29, 0.717) is 5.92 Å². The van der Waals surface area contributed by atoms with Gasteiger partial charge in [-0.05, 0) is 23.3 Å². The molecule has 0 spiro atoms. The molecule has 2 unspecified atom stereocenters. The minimum absolute atomic E-state index is 0.0117. The van der Waals surface area contributed by atoms with Crippen molar-refractivity contribution in [3.8, 4) is 6.07 Å². The van der Waals surface area contributed by atoms with Crippen LogP contribution in [-0.2, 0) is 4.79 Å². The second-order valence-corrected chi connectivity index (χ2v) is 6.77. The van der Waals surface area contributed by atoms with Crippen LogP contribution in [0, 0.1) is 29.1 Å². The van der Waals surface area contributed by atoms with Crippen molar-refractivity contribution >= 4 is 17.5 Å². The number of hydrogen-bond donors (Lipinski definition) is 0. The molecule has 0 saturated carbocycles. The summed E-state index contributed by atoms with van der Waals surface area (Å²) in [6.45, 7) is 7.97. The molecule has 1 aromatic heterocycles. The average molecular weight is 290 g/mol. The Labute approximate surface area is 125 Å². The number of pyridine rings is 1. The third-order valence-electron chi connectivity index (χ3n) is 2.94. The zero-order valence-corrected chi connectivity index (χ0v) is 13.4. The zero-order valence-electron chi connectivity index (χ0n) is 12.5. The first kappa shape index (κ1) is 16.7. The number of rotatable bonds is 7. The molecule has 20 heavy (non-hydrogen) atoms. The predicted octanol–water partition coefficient (Wildman–Crippen LogP) is 3.88. The summed E-state index contributed by atoms with van der Waals surface area (Å²) in [6.07, 6.45) is 3.47. The number of ketones is 1. The maximum absolute atomic E-state index is 12.3. The topological polar surface area (TPSA) is 53.8 Å². The molecule has 1 heterocycles. The highest BCUT2D eigenvalue weighted by Crippen LogP contribution is 2.38. The maximum atomic E-state index is 12.3. The monoisotopic (exact) mass is 290 g/mol. The van der Waals surface area contributed by atoms with Crippen LogP contribution < -0.4 is 0 Å². The second kappa shape index (κ2) is 8.06. The molecule has 0 saturated heterocycles. The molecule has 108 valence electrons. The molecule has 0 radical (unpaired) electrons. The van der Waals surface area contributed by atoms with E-state index in [9.17, 15) is 10.1 Å². The van der Waals surface area contributed by atoms with E-state index in [-0.39, 0.29) is 17.0 Å². The van der Waals surface area contributed by atoms with Crippen LogP contribution in [0.2, 0.25) is 0 Å². The molecule has 0 aliphatic carbocycles. The van der Waals surface area contributed by atoms with Crippen LogP contribution in [0.4, 0.5) is 0 Å². The van der Waals surface area contributed by atoms with Gasteiger partial charge in [0.25, 0.3) is 0 Å². The molecule has 1 aromatic rings. The lowest BCUT2D eigenvalue weighted by Crippen LogP contribution is -2.24. The molecule has 0 fully saturated rings. The van der Waals surface area contributed by atoms with Crippen LogP contribution in [0.25, 0.3) is 0 Å². The maximum Gasteiger partial charge on any atom is 0.153 e. The van der Waals surface area contributed by atoms with Gasteiger partial charge in [-0.1, -0.05) is 33.8 Å². The fourth-order valence-corrected chi connectivity index (χ4v) is 3.18. The van der Waals surface area contributed by atoms with Crippen LogP contribution in [-0.4, -0.2) is 16.5 Å². The first-order valence-corrected chi connectivity index (χ1v) is 7.97. The molecular formula is C16H22N2OS. The fraction of sp³-hybridized carbons (Fsp3) is 0.562. The Morgan fingerprint density at radius 3 is 2.55 bits per heavy atom. The van der Waals surface area contributed by atoms with Gasteiger partial charge in [-0.25, -0.2) is 0 Å². The summed E-state index contributed by atoms with van der Waals surface area (Å²) < 4.78 is 0. The summed E-state index contributed by atoms with van der Waals surface area (Å²) in [6, 6.07) is 6.01. The molecule has 0 bridgehead atoms. The number of thioether (sulfide) groups is 1. The fourth-order valence-electron chi connectivity index (χ4n) is 1.86. The molecule has 0 amide bonds. The number of nitriles is 1. The number of Topliss-reactive ketones (excluding diaryl/α,β-unsaturated/α-hetero) is 1. The van der Waals surface area contributed by atoms with Gasteiger partial charge >= 0.3 is 0 Å². The average Bonchev–Trinajstić information content (AvgIpc) is 2.43. The van der Waals surface area contributed by atoms with Crippen molar-refractivity contribution in [3.63, 3.8) is 0 Å². The standard InChI is InChI=1S/C16H22N2OS/c1-11(2)10-20-16(13-6-5-7-18-9-13)14(8-17)15(19)12(3)4/h5-7,9,11-12,14,16H,10H2,1-4H3. The Balaban J connectivity index is 3.03. The minimum atomic E-state index is -0.608. The molecule has 0 N–H and O–H groups in total. The van der Waals surface area contributed by atoms with Gasteiger partial charge < -0.3 is 0 Å². The van der Waals surface area contributed by atoms with Crippen molar-refractivity contribution in [3.05, 3.63) is 30.1 Å². The highest BCUT2D eigenvalue weighted by Gasteiger charge is 2.31. The second-order valence-electron chi connectivity index (χ2n) is 5.60. The summed E-state index contributed by atoms with van der Waals surface area (Å²) in [4.78, 5) is 16.4. The van der Waals surface area contributed by atoms with Gasteiger partial charge in [0, 0.05) is 18.3 Å². The highest BCUT2D eigenvalue weighted by molar-refractivity contribution is 7.99. The Hall–Kier alpha value is -1.34. The lowest BCUT2D eigenvalue weighted by molar-refractivity contribution is -0.124. The van der Waals surface area contributed by atoms with Crippen molar-refractivity contribution < 1.29 is 4.79 Å². The molecule has 2 atom stereocenters. The van der Waals surface area contributed by atoms with E-state index in [0.717, 1.165) is 11.3 Å². The summed E-state index contributed by atoms with van der Waals surface area (Å²) in [7, 11) is 0. The van der Waals surface area contributed by atoms with Crippen molar-refractivity contribution in [2.24, 2.45) is 17.8 Å². The van der Waals surface area contributed by atoms with E-state index >= 15 is 0 Å². The van der Waals surface area contributed by atoms with Gasteiger partial charge in [0.2, 0.25) is 0 Å². The Morgan fingerprint density at radius 2 is 2.10 bits per heavy atom. The molecule has 0 aromatic carbocycles. The van der Waals surface area contributed by atoms with E-state index in [1.54, 1.807) is 24.2 Å². The number of nitrogens with zero attached hydrogens (tertiary/aromatic N) is 2. The summed E-state index contributed by atoms with van der Waals surface area (Å²) >= 11 is 1.68.